The minimum absolute atomic E-state index is 0.0158. The average Bonchev–Trinajstić information content (AvgIpc) is 2.99. The predicted molar refractivity (Wildman–Crippen MR) is 109 cm³/mol. The predicted octanol–water partition coefficient (Wildman–Crippen LogP) is 3.09. The van der Waals surface area contributed by atoms with Crippen molar-refractivity contribution in [3.05, 3.63) is 83.2 Å². The van der Waals surface area contributed by atoms with E-state index >= 15 is 0 Å². The van der Waals surface area contributed by atoms with E-state index in [1.54, 1.807) is 37.4 Å². The number of aliphatic imine (C=N–C) groups is 1. The number of nitrogens with two attached hydrogens (primary N) is 1. The fourth-order valence-corrected chi connectivity index (χ4v) is 3.69. The quantitative estimate of drug-likeness (QED) is 0.720. The average molecular weight is 407 g/mol. The van der Waals surface area contributed by atoms with Gasteiger partial charge >= 0.3 is 0 Å². The highest BCUT2D eigenvalue weighted by molar-refractivity contribution is 6.09. The molecule has 4 rings (SSSR count). The Kier molecular flexibility index (Phi) is 4.77. The summed E-state index contributed by atoms with van der Waals surface area (Å²) in [7, 11) is 1.51. The van der Waals surface area contributed by atoms with Crippen LogP contribution in [0.3, 0.4) is 0 Å². The van der Waals surface area contributed by atoms with Crippen LogP contribution in [0, 0.1) is 12.7 Å². The minimum atomic E-state index is -1.57. The summed E-state index contributed by atoms with van der Waals surface area (Å²) in [6.45, 7) is 0.981. The fraction of sp³-hybridized carbons (Fsp3) is 0.182. The number of alkyl halides is 1. The number of amides is 1. The SMILES string of the molecule is Cc1ncccc1-c1cc(C2(c3ccnc(CF)c3)N=C(N)N(C)C2=O)ccc1F. The highest BCUT2D eigenvalue weighted by atomic mass is 19.1. The molecule has 0 bridgehead atoms. The third-order valence-corrected chi connectivity index (χ3v) is 5.29. The van der Waals surface area contributed by atoms with Gasteiger partial charge in [-0.05, 0) is 48.4 Å². The number of guanidine groups is 1. The number of pyridine rings is 2. The van der Waals surface area contributed by atoms with E-state index in [9.17, 15) is 13.6 Å². The van der Waals surface area contributed by atoms with Gasteiger partial charge in [0.1, 0.15) is 12.5 Å². The van der Waals surface area contributed by atoms with Crippen molar-refractivity contribution >= 4 is 11.9 Å². The zero-order valence-corrected chi connectivity index (χ0v) is 16.4. The van der Waals surface area contributed by atoms with Gasteiger partial charge in [-0.1, -0.05) is 12.1 Å². The molecule has 0 spiro atoms. The van der Waals surface area contributed by atoms with E-state index in [1.165, 1.54) is 36.3 Å². The lowest BCUT2D eigenvalue weighted by Crippen LogP contribution is -2.41. The zero-order chi connectivity index (χ0) is 21.5. The van der Waals surface area contributed by atoms with Crippen LogP contribution in [-0.2, 0) is 17.0 Å². The monoisotopic (exact) mass is 407 g/mol. The van der Waals surface area contributed by atoms with Crippen molar-refractivity contribution in [3.8, 4) is 11.1 Å². The van der Waals surface area contributed by atoms with Crippen molar-refractivity contribution in [1.82, 2.24) is 14.9 Å². The van der Waals surface area contributed by atoms with Gasteiger partial charge in [0.05, 0.1) is 5.69 Å². The molecule has 30 heavy (non-hydrogen) atoms. The van der Waals surface area contributed by atoms with Crippen molar-refractivity contribution in [2.75, 3.05) is 7.05 Å². The second kappa shape index (κ2) is 7.29. The number of halogens is 2. The molecule has 1 aliphatic heterocycles. The molecule has 1 atom stereocenters. The van der Waals surface area contributed by atoms with E-state index in [4.69, 9.17) is 5.73 Å². The molecule has 2 aromatic heterocycles. The maximum atomic E-state index is 14.8. The second-order valence-corrected chi connectivity index (χ2v) is 7.05. The Hall–Kier alpha value is -3.68. The van der Waals surface area contributed by atoms with Crippen LogP contribution < -0.4 is 5.73 Å². The fourth-order valence-electron chi connectivity index (χ4n) is 3.69. The summed E-state index contributed by atoms with van der Waals surface area (Å²) in [6.07, 6.45) is 3.04. The van der Waals surface area contributed by atoms with Crippen molar-refractivity contribution in [2.24, 2.45) is 10.7 Å². The number of nitrogens with zero attached hydrogens (tertiary/aromatic N) is 4. The molecule has 1 unspecified atom stereocenters. The van der Waals surface area contributed by atoms with Gasteiger partial charge in [-0.15, -0.1) is 0 Å². The Morgan fingerprint density at radius 1 is 1.07 bits per heavy atom. The van der Waals surface area contributed by atoms with Gasteiger partial charge < -0.3 is 5.73 Å². The van der Waals surface area contributed by atoms with Gasteiger partial charge in [0.2, 0.25) is 0 Å². The summed E-state index contributed by atoms with van der Waals surface area (Å²) in [5.41, 5.74) is 6.91. The third-order valence-electron chi connectivity index (χ3n) is 5.29. The number of rotatable bonds is 4. The van der Waals surface area contributed by atoms with Crippen molar-refractivity contribution < 1.29 is 13.6 Å². The Balaban J connectivity index is 1.99. The lowest BCUT2D eigenvalue weighted by Gasteiger charge is -2.27. The number of carbonyl (C=O) groups excluding carboxylic acids is 1. The van der Waals surface area contributed by atoms with Crippen LogP contribution in [0.15, 0.2) is 59.9 Å². The molecule has 3 aromatic rings. The molecule has 0 aliphatic carbocycles. The number of benzene rings is 1. The van der Waals surface area contributed by atoms with E-state index in [0.717, 1.165) is 0 Å². The van der Waals surface area contributed by atoms with E-state index in [0.29, 0.717) is 22.4 Å². The Labute approximate surface area is 172 Å². The molecule has 1 aliphatic rings. The summed E-state index contributed by atoms with van der Waals surface area (Å²) in [4.78, 5) is 27.2. The van der Waals surface area contributed by atoms with Crippen LogP contribution in [-0.4, -0.2) is 33.8 Å². The molecule has 1 aromatic carbocycles. The van der Waals surface area contributed by atoms with Crippen LogP contribution >= 0.6 is 0 Å². The number of hydrogen-bond donors (Lipinski definition) is 1. The largest absolute Gasteiger partial charge is 0.369 e. The normalized spacial score (nSPS) is 18.6. The van der Waals surface area contributed by atoms with Gasteiger partial charge in [-0.3, -0.25) is 19.7 Å². The van der Waals surface area contributed by atoms with Crippen LogP contribution in [0.25, 0.3) is 11.1 Å². The molecule has 3 heterocycles. The maximum absolute atomic E-state index is 14.8. The smallest absolute Gasteiger partial charge is 0.266 e. The van der Waals surface area contributed by atoms with Gasteiger partial charge in [0.25, 0.3) is 5.91 Å². The second-order valence-electron chi connectivity index (χ2n) is 7.05. The highest BCUT2D eigenvalue weighted by Gasteiger charge is 2.50. The van der Waals surface area contributed by atoms with Crippen LogP contribution in [0.4, 0.5) is 8.78 Å². The number of aryl methyl sites for hydroxylation is 1. The first kappa shape index (κ1) is 19.6. The summed E-state index contributed by atoms with van der Waals surface area (Å²) in [5, 5.41) is 0. The molecule has 152 valence electrons. The van der Waals surface area contributed by atoms with Crippen molar-refractivity contribution in [1.29, 1.82) is 0 Å². The first-order valence-corrected chi connectivity index (χ1v) is 9.25. The molecule has 1 amide bonds. The zero-order valence-electron chi connectivity index (χ0n) is 16.4. The molecule has 0 radical (unpaired) electrons. The number of aromatic nitrogens is 2. The molecular formula is C22H19F2N5O. The summed E-state index contributed by atoms with van der Waals surface area (Å²) < 4.78 is 28.1. The highest BCUT2D eigenvalue weighted by Crippen LogP contribution is 2.41. The van der Waals surface area contributed by atoms with E-state index in [2.05, 4.69) is 15.0 Å². The first-order valence-electron chi connectivity index (χ1n) is 9.25. The summed E-state index contributed by atoms with van der Waals surface area (Å²) in [6, 6.07) is 10.9. The Morgan fingerprint density at radius 3 is 2.50 bits per heavy atom. The number of likely N-dealkylation sites (N-methyl/N-ethyl adjacent to an activating group) is 1. The van der Waals surface area contributed by atoms with Gasteiger partial charge in [0.15, 0.2) is 11.5 Å². The van der Waals surface area contributed by atoms with E-state index in [-0.39, 0.29) is 17.2 Å². The Bertz CT molecular complexity index is 1180. The van der Waals surface area contributed by atoms with Gasteiger partial charge in [0, 0.05) is 36.3 Å². The van der Waals surface area contributed by atoms with Crippen molar-refractivity contribution in [3.63, 3.8) is 0 Å². The Morgan fingerprint density at radius 2 is 1.83 bits per heavy atom. The molecule has 8 heteroatoms. The molecular weight excluding hydrogens is 388 g/mol. The van der Waals surface area contributed by atoms with Crippen LogP contribution in [0.1, 0.15) is 22.5 Å². The maximum Gasteiger partial charge on any atom is 0.266 e. The van der Waals surface area contributed by atoms with Crippen molar-refractivity contribution in [2.45, 2.75) is 19.1 Å². The van der Waals surface area contributed by atoms with Crippen LogP contribution in [0.2, 0.25) is 0 Å². The molecule has 0 saturated heterocycles. The van der Waals surface area contributed by atoms with E-state index < -0.39 is 23.9 Å². The first-order chi connectivity index (χ1) is 14.4. The van der Waals surface area contributed by atoms with Gasteiger partial charge in [-0.25, -0.2) is 13.8 Å². The van der Waals surface area contributed by atoms with Gasteiger partial charge in [-0.2, -0.15) is 0 Å². The van der Waals surface area contributed by atoms with E-state index in [1.807, 2.05) is 0 Å². The molecule has 6 nitrogen and oxygen atoms in total. The lowest BCUT2D eigenvalue weighted by atomic mass is 9.81. The topological polar surface area (TPSA) is 84.5 Å². The number of carbonyl (C=O) groups is 1. The summed E-state index contributed by atoms with van der Waals surface area (Å²) >= 11 is 0. The molecule has 0 saturated carbocycles. The third kappa shape index (κ3) is 2.92. The lowest BCUT2D eigenvalue weighted by molar-refractivity contribution is -0.129. The molecule has 0 fully saturated rings. The number of hydrogen-bond acceptors (Lipinski definition) is 5. The minimum Gasteiger partial charge on any atom is -0.369 e. The van der Waals surface area contributed by atoms with Crippen LogP contribution in [0.5, 0.6) is 0 Å². The molecule has 2 N–H and O–H groups in total. The summed E-state index contributed by atoms with van der Waals surface area (Å²) in [5.74, 6) is -0.863. The standard InChI is InChI=1S/C22H19F2N5O/c1-13-17(4-3-8-26-13)18-11-14(5-6-19(18)24)22(20(30)29(2)21(25)28-22)15-7-9-27-16(10-15)12-23/h3-11H,12H2,1-2H3,(H2,25,28).